The Balaban J connectivity index is 2.12. The van der Waals surface area contributed by atoms with E-state index in [0.29, 0.717) is 17.7 Å². The van der Waals surface area contributed by atoms with Crippen molar-refractivity contribution in [2.45, 2.75) is 46.1 Å². The predicted molar refractivity (Wildman–Crippen MR) is 123 cm³/mol. The second-order valence-corrected chi connectivity index (χ2v) is 8.49. The van der Waals surface area contributed by atoms with Crippen molar-refractivity contribution in [3.63, 3.8) is 0 Å². The van der Waals surface area contributed by atoms with Crippen molar-refractivity contribution in [3.8, 4) is 28.7 Å². The molecule has 3 rings (SSSR count). The van der Waals surface area contributed by atoms with Gasteiger partial charge in [-0.2, -0.15) is 0 Å². The highest BCUT2D eigenvalue weighted by Crippen LogP contribution is 2.49. The highest BCUT2D eigenvalue weighted by molar-refractivity contribution is 6.03. The monoisotopic (exact) mass is 438 g/mol. The van der Waals surface area contributed by atoms with E-state index in [-0.39, 0.29) is 52.2 Å². The second kappa shape index (κ2) is 9.39. The fourth-order valence-electron chi connectivity index (χ4n) is 4.01. The van der Waals surface area contributed by atoms with Crippen LogP contribution in [0.25, 0.3) is 0 Å². The molecule has 2 aromatic carbocycles. The van der Waals surface area contributed by atoms with Crippen molar-refractivity contribution in [1.82, 2.24) is 0 Å². The van der Waals surface area contributed by atoms with Gasteiger partial charge in [0.25, 0.3) is 0 Å². The molecule has 6 heteroatoms. The lowest BCUT2D eigenvalue weighted by atomic mass is 9.86. The zero-order valence-electron chi connectivity index (χ0n) is 18.9. The molecular formula is C26H30O6. The van der Waals surface area contributed by atoms with Gasteiger partial charge >= 0.3 is 0 Å². The zero-order valence-corrected chi connectivity index (χ0v) is 18.9. The molecule has 0 spiro atoms. The Kier molecular flexibility index (Phi) is 6.82. The second-order valence-electron chi connectivity index (χ2n) is 8.49. The number of ether oxygens (including phenoxy) is 2. The lowest BCUT2D eigenvalue weighted by Crippen LogP contribution is -2.23. The Bertz CT molecular complexity index is 1060. The average Bonchev–Trinajstić information content (AvgIpc) is 2.71. The van der Waals surface area contributed by atoms with Crippen molar-refractivity contribution in [3.05, 3.63) is 64.8 Å². The van der Waals surface area contributed by atoms with Gasteiger partial charge in [-0.15, -0.1) is 0 Å². The summed E-state index contributed by atoms with van der Waals surface area (Å²) in [6.45, 7) is 10.1. The molecule has 0 aromatic heterocycles. The minimum atomic E-state index is -0.900. The van der Waals surface area contributed by atoms with Crippen molar-refractivity contribution < 1.29 is 29.6 Å². The molecule has 2 aromatic rings. The van der Waals surface area contributed by atoms with Gasteiger partial charge in [-0.1, -0.05) is 29.9 Å². The number of carbonyl (C=O) groups is 1. The summed E-state index contributed by atoms with van der Waals surface area (Å²) >= 11 is 0. The van der Waals surface area contributed by atoms with Crippen LogP contribution >= 0.6 is 0 Å². The lowest BCUT2D eigenvalue weighted by molar-refractivity contribution is 0.0835. The number of hydrogen-bond donors (Lipinski definition) is 3. The third kappa shape index (κ3) is 4.59. The fourth-order valence-corrected chi connectivity index (χ4v) is 4.01. The SMILES string of the molecule is C=C(C)C(CC=C(C)C)Cc1c(OC)cc(O)c2c1OC(c1c(O)cccc1O)CC2=O. The first-order valence-corrected chi connectivity index (χ1v) is 10.6. The van der Waals surface area contributed by atoms with Crippen LogP contribution in [-0.2, 0) is 6.42 Å². The molecule has 2 atom stereocenters. The summed E-state index contributed by atoms with van der Waals surface area (Å²) < 4.78 is 11.7. The van der Waals surface area contributed by atoms with Gasteiger partial charge in [0.2, 0.25) is 0 Å². The predicted octanol–water partition coefficient (Wildman–Crippen LogP) is 5.61. The molecule has 0 amide bonds. The first-order chi connectivity index (χ1) is 15.1. The third-order valence-electron chi connectivity index (χ3n) is 5.79. The molecule has 1 heterocycles. The maximum absolute atomic E-state index is 13.0. The number of allylic oxidation sites excluding steroid dienone is 3. The minimum Gasteiger partial charge on any atom is -0.507 e. The van der Waals surface area contributed by atoms with Gasteiger partial charge < -0.3 is 24.8 Å². The van der Waals surface area contributed by atoms with E-state index >= 15 is 0 Å². The van der Waals surface area contributed by atoms with Crippen molar-refractivity contribution in [1.29, 1.82) is 0 Å². The summed E-state index contributed by atoms with van der Waals surface area (Å²) in [6.07, 6.45) is 2.35. The average molecular weight is 439 g/mol. The van der Waals surface area contributed by atoms with E-state index in [0.717, 1.165) is 12.0 Å². The molecular weight excluding hydrogens is 408 g/mol. The van der Waals surface area contributed by atoms with E-state index in [1.165, 1.54) is 36.9 Å². The van der Waals surface area contributed by atoms with E-state index in [2.05, 4.69) is 12.7 Å². The Labute approximate surface area is 188 Å². The number of Topliss-reactive ketones (excluding diaryl/α,β-unsaturated/α-hetero) is 1. The molecule has 1 aliphatic rings. The van der Waals surface area contributed by atoms with Crippen LogP contribution < -0.4 is 9.47 Å². The summed E-state index contributed by atoms with van der Waals surface area (Å²) in [4.78, 5) is 13.0. The highest BCUT2D eigenvalue weighted by Gasteiger charge is 2.36. The lowest BCUT2D eigenvalue weighted by Gasteiger charge is -2.30. The molecule has 0 bridgehead atoms. The first-order valence-electron chi connectivity index (χ1n) is 10.6. The molecule has 0 radical (unpaired) electrons. The smallest absolute Gasteiger partial charge is 0.174 e. The van der Waals surface area contributed by atoms with Crippen molar-refractivity contribution in [2.24, 2.45) is 5.92 Å². The molecule has 170 valence electrons. The van der Waals surface area contributed by atoms with Crippen LogP contribution in [0.1, 0.15) is 61.2 Å². The van der Waals surface area contributed by atoms with Gasteiger partial charge in [0.05, 0.1) is 19.1 Å². The van der Waals surface area contributed by atoms with Crippen LogP contribution in [0, 0.1) is 5.92 Å². The Morgan fingerprint density at radius 2 is 1.88 bits per heavy atom. The van der Waals surface area contributed by atoms with E-state index in [1.54, 1.807) is 0 Å². The summed E-state index contributed by atoms with van der Waals surface area (Å²) in [7, 11) is 1.49. The number of ketones is 1. The van der Waals surface area contributed by atoms with Gasteiger partial charge in [-0.05, 0) is 51.7 Å². The molecule has 2 unspecified atom stereocenters. The van der Waals surface area contributed by atoms with Gasteiger partial charge in [0, 0.05) is 11.6 Å². The molecule has 3 N–H and O–H groups in total. The van der Waals surface area contributed by atoms with Crippen LogP contribution in [0.5, 0.6) is 28.7 Å². The highest BCUT2D eigenvalue weighted by atomic mass is 16.5. The molecule has 32 heavy (non-hydrogen) atoms. The third-order valence-corrected chi connectivity index (χ3v) is 5.79. The van der Waals surface area contributed by atoms with Crippen LogP contribution in [-0.4, -0.2) is 28.2 Å². The van der Waals surface area contributed by atoms with Gasteiger partial charge in [0.15, 0.2) is 5.78 Å². The molecule has 0 fully saturated rings. The normalized spacial score (nSPS) is 16.0. The van der Waals surface area contributed by atoms with Crippen LogP contribution in [0.2, 0.25) is 0 Å². The largest absolute Gasteiger partial charge is 0.507 e. The summed E-state index contributed by atoms with van der Waals surface area (Å²) in [5.74, 6) is -0.205. The summed E-state index contributed by atoms with van der Waals surface area (Å²) in [6, 6.07) is 5.80. The van der Waals surface area contributed by atoms with Gasteiger partial charge in [-0.3, -0.25) is 4.79 Å². The summed E-state index contributed by atoms with van der Waals surface area (Å²) in [5, 5.41) is 31.1. The minimum absolute atomic E-state index is 0.0602. The quantitative estimate of drug-likeness (QED) is 0.486. The van der Waals surface area contributed by atoms with Gasteiger partial charge in [0.1, 0.15) is 40.4 Å². The number of phenols is 3. The Hall–Kier alpha value is -3.41. The van der Waals surface area contributed by atoms with E-state index < -0.39 is 6.10 Å². The van der Waals surface area contributed by atoms with E-state index in [9.17, 15) is 20.1 Å². The number of carbonyl (C=O) groups excluding carboxylic acids is 1. The van der Waals surface area contributed by atoms with Gasteiger partial charge in [-0.25, -0.2) is 0 Å². The number of rotatable bonds is 7. The number of fused-ring (bicyclic) bond motifs is 1. The Morgan fingerprint density at radius 1 is 1.22 bits per heavy atom. The first kappa shape index (κ1) is 23.3. The van der Waals surface area contributed by atoms with Crippen LogP contribution in [0.15, 0.2) is 48.1 Å². The molecule has 0 saturated heterocycles. The van der Waals surface area contributed by atoms with Crippen molar-refractivity contribution >= 4 is 5.78 Å². The zero-order chi connectivity index (χ0) is 23.6. The number of methoxy groups -OCH3 is 1. The van der Waals surface area contributed by atoms with Crippen LogP contribution in [0.4, 0.5) is 0 Å². The standard InChI is InChI=1S/C26H30O6/c1-14(2)9-10-16(15(3)4)11-17-22(31-5)12-20(29)25-21(30)13-23(32-26(17)25)24-18(27)7-6-8-19(24)28/h6-9,12,16,23,27-29H,3,10-11,13H2,1-2,4-5H3. The maximum Gasteiger partial charge on any atom is 0.174 e. The number of aromatic hydroxyl groups is 3. The fraction of sp³-hybridized carbons (Fsp3) is 0.346. The van der Waals surface area contributed by atoms with Crippen molar-refractivity contribution in [2.75, 3.05) is 7.11 Å². The maximum atomic E-state index is 13.0. The van der Waals surface area contributed by atoms with E-state index in [1.807, 2.05) is 20.8 Å². The number of hydrogen-bond acceptors (Lipinski definition) is 6. The van der Waals surface area contributed by atoms with E-state index in [4.69, 9.17) is 9.47 Å². The number of benzene rings is 2. The molecule has 1 aliphatic heterocycles. The van der Waals surface area contributed by atoms with Crippen LogP contribution in [0.3, 0.4) is 0 Å². The molecule has 6 nitrogen and oxygen atoms in total. The molecule has 0 saturated carbocycles. The topological polar surface area (TPSA) is 96.2 Å². The number of phenolic OH excluding ortho intramolecular Hbond substituents is 3. The molecule has 0 aliphatic carbocycles. The Morgan fingerprint density at radius 3 is 2.44 bits per heavy atom. The summed E-state index contributed by atoms with van der Waals surface area (Å²) in [5.41, 5.74) is 3.04.